The van der Waals surface area contributed by atoms with Gasteiger partial charge in [0.15, 0.2) is 5.01 Å². The number of hydrogen-bond donors (Lipinski definition) is 2. The molecule has 2 aromatic heterocycles. The molecule has 194 valence electrons. The molecule has 5 rings (SSSR count). The van der Waals surface area contributed by atoms with E-state index in [2.05, 4.69) is 20.8 Å². The van der Waals surface area contributed by atoms with Crippen LogP contribution in [0.15, 0.2) is 24.3 Å². The van der Waals surface area contributed by atoms with Crippen molar-refractivity contribution in [3.05, 3.63) is 29.3 Å². The summed E-state index contributed by atoms with van der Waals surface area (Å²) in [5, 5.41) is 15.7. The lowest BCUT2D eigenvalue weighted by molar-refractivity contribution is -0.139. The van der Waals surface area contributed by atoms with Crippen molar-refractivity contribution in [2.75, 3.05) is 25.5 Å². The first kappa shape index (κ1) is 24.9. The molecule has 0 spiro atoms. The van der Waals surface area contributed by atoms with Crippen molar-refractivity contribution >= 4 is 33.8 Å². The topological polar surface area (TPSA) is 75.1 Å². The molecule has 1 saturated heterocycles. The van der Waals surface area contributed by atoms with E-state index in [1.165, 1.54) is 4.57 Å². The Balaban J connectivity index is 1.44. The van der Waals surface area contributed by atoms with Crippen molar-refractivity contribution in [3.63, 3.8) is 0 Å². The Morgan fingerprint density at radius 2 is 2.03 bits per heavy atom. The second-order valence-corrected chi connectivity index (χ2v) is 10.7. The molecule has 2 fully saturated rings. The summed E-state index contributed by atoms with van der Waals surface area (Å²) in [6.45, 7) is 0.0357. The number of nitrogens with one attached hydrogen (secondary N) is 2. The third kappa shape index (κ3) is 5.34. The van der Waals surface area contributed by atoms with Crippen molar-refractivity contribution in [2.45, 2.75) is 57.2 Å². The Morgan fingerprint density at radius 1 is 1.22 bits per heavy atom. The number of benzene rings is 1. The Morgan fingerprint density at radius 3 is 2.72 bits per heavy atom. The number of aromatic nitrogens is 3. The number of carbonyl (C=O) groups is 1. The van der Waals surface area contributed by atoms with Gasteiger partial charge in [-0.05, 0) is 44.5 Å². The molecule has 2 aliphatic rings. The van der Waals surface area contributed by atoms with Crippen LogP contribution in [0.2, 0.25) is 0 Å². The van der Waals surface area contributed by atoms with E-state index in [1.807, 2.05) is 11.9 Å². The van der Waals surface area contributed by atoms with Gasteiger partial charge >= 0.3 is 6.18 Å². The van der Waals surface area contributed by atoms with E-state index in [4.69, 9.17) is 0 Å². The number of rotatable bonds is 7. The Bertz CT molecular complexity index is 1240. The number of nitrogens with zero attached hydrogens (tertiary/aromatic N) is 4. The van der Waals surface area contributed by atoms with Gasteiger partial charge in [-0.2, -0.15) is 13.2 Å². The number of hydrogen-bond acceptors (Lipinski definition) is 6. The molecule has 2 N–H and O–H groups in total. The Hall–Kier alpha value is -2.73. The highest BCUT2D eigenvalue weighted by molar-refractivity contribution is 7.14. The van der Waals surface area contributed by atoms with Gasteiger partial charge < -0.3 is 20.1 Å². The van der Waals surface area contributed by atoms with Gasteiger partial charge in [-0.15, -0.1) is 10.2 Å². The Kier molecular flexibility index (Phi) is 6.90. The van der Waals surface area contributed by atoms with Crippen molar-refractivity contribution in [2.24, 2.45) is 5.92 Å². The molecule has 1 amide bonds. The SMILES string of the molecule is CN1CC[C@H](Nc2cccc3c2cc(-c2nnc(CNC(=O)C4CCC4)s2)n3CC(F)(F)F)[C@H](F)C1. The average Bonchev–Trinajstić information content (AvgIpc) is 3.37. The van der Waals surface area contributed by atoms with Gasteiger partial charge in [0.05, 0.1) is 23.8 Å². The van der Waals surface area contributed by atoms with Gasteiger partial charge in [0.25, 0.3) is 0 Å². The molecule has 12 heteroatoms. The predicted molar refractivity (Wildman–Crippen MR) is 131 cm³/mol. The summed E-state index contributed by atoms with van der Waals surface area (Å²) in [4.78, 5) is 14.0. The zero-order chi connectivity index (χ0) is 25.4. The zero-order valence-corrected chi connectivity index (χ0v) is 20.6. The normalized spacial score (nSPS) is 21.5. The predicted octanol–water partition coefficient (Wildman–Crippen LogP) is 4.59. The van der Waals surface area contributed by atoms with Crippen LogP contribution in [0.4, 0.5) is 23.2 Å². The molecular weight excluding hydrogens is 496 g/mol. The van der Waals surface area contributed by atoms with E-state index in [-0.39, 0.29) is 24.1 Å². The molecule has 0 radical (unpaired) electrons. The first-order valence-corrected chi connectivity index (χ1v) is 12.9. The molecule has 3 heterocycles. The van der Waals surface area contributed by atoms with Crippen molar-refractivity contribution < 1.29 is 22.4 Å². The van der Waals surface area contributed by atoms with Crippen LogP contribution in [0.5, 0.6) is 0 Å². The lowest BCUT2D eigenvalue weighted by Gasteiger charge is -2.33. The monoisotopic (exact) mass is 524 g/mol. The standard InChI is InChI=1S/C24H28F4N6OS/c1-33-9-8-18(16(25)12-33)30-17-6-3-7-19-15(17)10-20(34(19)13-24(26,27)28)23-32-31-21(36-23)11-29-22(35)14-4-2-5-14/h3,6-7,10,14,16,18,30H,2,4-5,8-9,11-13H2,1H3,(H,29,35)/t16-,18+/m1/s1. The summed E-state index contributed by atoms with van der Waals surface area (Å²) in [5.74, 6) is 0.00564. The lowest BCUT2D eigenvalue weighted by Crippen LogP contribution is -2.46. The van der Waals surface area contributed by atoms with Gasteiger partial charge in [-0.1, -0.05) is 23.8 Å². The maximum Gasteiger partial charge on any atom is 0.406 e. The molecule has 7 nitrogen and oxygen atoms in total. The van der Waals surface area contributed by atoms with Crippen molar-refractivity contribution in [1.29, 1.82) is 0 Å². The lowest BCUT2D eigenvalue weighted by atomic mass is 9.85. The quantitative estimate of drug-likeness (QED) is 0.442. The highest BCUT2D eigenvalue weighted by Gasteiger charge is 2.32. The molecule has 0 unspecified atom stereocenters. The molecule has 0 bridgehead atoms. The van der Waals surface area contributed by atoms with Gasteiger partial charge in [0.1, 0.15) is 17.7 Å². The second-order valence-electron chi connectivity index (χ2n) is 9.63. The van der Waals surface area contributed by atoms with E-state index in [0.717, 1.165) is 37.1 Å². The van der Waals surface area contributed by atoms with Crippen LogP contribution in [-0.2, 0) is 17.9 Å². The fourth-order valence-electron chi connectivity index (χ4n) is 4.76. The third-order valence-electron chi connectivity index (χ3n) is 6.94. The number of amides is 1. The van der Waals surface area contributed by atoms with Crippen LogP contribution in [0.25, 0.3) is 21.6 Å². The largest absolute Gasteiger partial charge is 0.406 e. The van der Waals surface area contributed by atoms with Crippen LogP contribution in [0, 0.1) is 5.92 Å². The fraction of sp³-hybridized carbons (Fsp3) is 0.542. The molecule has 1 aliphatic carbocycles. The molecule has 2 atom stereocenters. The number of fused-ring (bicyclic) bond motifs is 1. The maximum atomic E-state index is 14.7. The summed E-state index contributed by atoms with van der Waals surface area (Å²) >= 11 is 1.15. The van der Waals surface area contributed by atoms with Crippen molar-refractivity contribution in [3.8, 4) is 10.7 Å². The molecule has 36 heavy (non-hydrogen) atoms. The van der Waals surface area contributed by atoms with E-state index in [9.17, 15) is 22.4 Å². The minimum Gasteiger partial charge on any atom is -0.379 e. The third-order valence-corrected chi connectivity index (χ3v) is 7.89. The fourth-order valence-corrected chi connectivity index (χ4v) is 5.57. The highest BCUT2D eigenvalue weighted by atomic mass is 32.1. The van der Waals surface area contributed by atoms with Gasteiger partial charge in [-0.25, -0.2) is 4.39 Å². The van der Waals surface area contributed by atoms with Gasteiger partial charge in [0.2, 0.25) is 5.91 Å². The van der Waals surface area contributed by atoms with E-state index < -0.39 is 24.9 Å². The van der Waals surface area contributed by atoms with Crippen LogP contribution < -0.4 is 10.6 Å². The Labute approximate surface area is 209 Å². The minimum absolute atomic E-state index is 0.0278. The van der Waals surface area contributed by atoms with Crippen LogP contribution in [0.3, 0.4) is 0 Å². The molecular formula is C24H28F4N6OS. The van der Waals surface area contributed by atoms with E-state index in [1.54, 1.807) is 24.3 Å². The summed E-state index contributed by atoms with van der Waals surface area (Å²) in [6.07, 6.45) is -2.14. The van der Waals surface area contributed by atoms with E-state index >= 15 is 0 Å². The molecule has 1 saturated carbocycles. The number of alkyl halides is 4. The number of carbonyl (C=O) groups excluding carboxylic acids is 1. The van der Waals surface area contributed by atoms with Gasteiger partial charge in [0, 0.05) is 30.1 Å². The van der Waals surface area contributed by atoms with E-state index in [0.29, 0.717) is 39.6 Å². The average molecular weight is 525 g/mol. The first-order chi connectivity index (χ1) is 17.2. The second kappa shape index (κ2) is 9.97. The molecule has 1 aliphatic heterocycles. The maximum absolute atomic E-state index is 14.7. The zero-order valence-electron chi connectivity index (χ0n) is 19.8. The summed E-state index contributed by atoms with van der Waals surface area (Å²) in [7, 11) is 1.86. The minimum atomic E-state index is -4.45. The number of likely N-dealkylation sites (tertiary alicyclic amines) is 1. The molecule has 1 aromatic carbocycles. The van der Waals surface area contributed by atoms with Crippen LogP contribution >= 0.6 is 11.3 Å². The summed E-state index contributed by atoms with van der Waals surface area (Å²) in [5.41, 5.74) is 1.25. The number of piperidine rings is 1. The van der Waals surface area contributed by atoms with Gasteiger partial charge in [-0.3, -0.25) is 4.79 Å². The highest BCUT2D eigenvalue weighted by Crippen LogP contribution is 2.37. The van der Waals surface area contributed by atoms with Crippen LogP contribution in [-0.4, -0.2) is 64.1 Å². The smallest absolute Gasteiger partial charge is 0.379 e. The van der Waals surface area contributed by atoms with Crippen molar-refractivity contribution in [1.82, 2.24) is 25.0 Å². The van der Waals surface area contributed by atoms with Crippen LogP contribution in [0.1, 0.15) is 30.7 Å². The number of halogens is 4. The summed E-state index contributed by atoms with van der Waals surface area (Å²) in [6, 6.07) is 6.29. The number of anilines is 1. The first-order valence-electron chi connectivity index (χ1n) is 12.1. The molecule has 3 aromatic rings. The summed E-state index contributed by atoms with van der Waals surface area (Å²) < 4.78 is 56.5.